The molecule has 0 amide bonds. The molecule has 218 valence electrons. The highest BCUT2D eigenvalue weighted by atomic mass is 32.1. The van der Waals surface area contributed by atoms with Gasteiger partial charge in [0.25, 0.3) is 5.56 Å². The maximum Gasteiger partial charge on any atom is 0.338 e. The van der Waals surface area contributed by atoms with Gasteiger partial charge in [-0.05, 0) is 93.1 Å². The molecule has 0 saturated heterocycles. The Kier molecular flexibility index (Phi) is 9.07. The monoisotopic (exact) mass is 578 g/mol. The van der Waals surface area contributed by atoms with E-state index in [1.54, 1.807) is 44.8 Å². The summed E-state index contributed by atoms with van der Waals surface area (Å²) in [5, 5.41) is 0. The molecular formula is C32H38N2O6S. The maximum absolute atomic E-state index is 14.1. The number of fused-ring (bicyclic) bond motifs is 1. The lowest BCUT2D eigenvalue weighted by Gasteiger charge is -2.25. The molecule has 8 nitrogen and oxygen atoms in total. The van der Waals surface area contributed by atoms with E-state index in [0.717, 1.165) is 22.4 Å². The second kappa shape index (κ2) is 12.3. The Labute approximate surface area is 244 Å². The molecule has 0 unspecified atom stereocenters. The third kappa shape index (κ3) is 5.95. The second-order valence-corrected chi connectivity index (χ2v) is 11.5. The van der Waals surface area contributed by atoms with Crippen LogP contribution in [0.1, 0.15) is 75.8 Å². The van der Waals surface area contributed by atoms with Crippen LogP contribution < -0.4 is 29.1 Å². The van der Waals surface area contributed by atoms with Gasteiger partial charge in [-0.1, -0.05) is 31.3 Å². The molecule has 0 fully saturated rings. The summed E-state index contributed by atoms with van der Waals surface area (Å²) < 4.78 is 24.6. The van der Waals surface area contributed by atoms with Gasteiger partial charge in [-0.15, -0.1) is 0 Å². The topological polar surface area (TPSA) is 88.4 Å². The SMILES string of the molecule is CCOC(=O)C1=C(C)N=c2s/c(=C\c3cc(C(C)C)c(OC)cc3C)c(=O)n2[C@H]1c1ccc(OC(C)C)c(OC)c1. The normalized spacial score (nSPS) is 15.2. The van der Waals surface area contributed by atoms with Crippen LogP contribution in [0, 0.1) is 6.92 Å². The molecule has 0 spiro atoms. The zero-order chi connectivity index (χ0) is 30.0. The number of hydrogen-bond donors (Lipinski definition) is 0. The summed E-state index contributed by atoms with van der Waals surface area (Å²) in [7, 11) is 3.23. The van der Waals surface area contributed by atoms with Crippen molar-refractivity contribution in [3.63, 3.8) is 0 Å². The number of nitrogens with zero attached hydrogens (tertiary/aromatic N) is 2. The maximum atomic E-state index is 14.1. The van der Waals surface area contributed by atoms with Crippen LogP contribution in [0.3, 0.4) is 0 Å². The number of carbonyl (C=O) groups excluding carboxylic acids is 1. The molecule has 1 aliphatic rings. The Morgan fingerprint density at radius 2 is 1.76 bits per heavy atom. The third-order valence-electron chi connectivity index (χ3n) is 6.91. The Hall–Kier alpha value is -3.85. The van der Waals surface area contributed by atoms with Gasteiger partial charge in [0, 0.05) is 0 Å². The van der Waals surface area contributed by atoms with Crippen molar-refractivity contribution < 1.29 is 23.7 Å². The number of ether oxygens (including phenoxy) is 4. The van der Waals surface area contributed by atoms with E-state index in [1.807, 2.05) is 39.0 Å². The molecule has 4 rings (SSSR count). The van der Waals surface area contributed by atoms with E-state index in [9.17, 15) is 9.59 Å². The van der Waals surface area contributed by atoms with Gasteiger partial charge in [0.05, 0.1) is 48.8 Å². The highest BCUT2D eigenvalue weighted by molar-refractivity contribution is 7.07. The molecule has 0 radical (unpaired) electrons. The number of rotatable bonds is 9. The first-order valence-corrected chi connectivity index (χ1v) is 14.5. The van der Waals surface area contributed by atoms with E-state index >= 15 is 0 Å². The van der Waals surface area contributed by atoms with E-state index in [2.05, 4.69) is 24.9 Å². The number of allylic oxidation sites excluding steroid dienone is 1. The summed E-state index contributed by atoms with van der Waals surface area (Å²) in [6, 6.07) is 8.77. The van der Waals surface area contributed by atoms with Gasteiger partial charge in [-0.25, -0.2) is 9.79 Å². The Morgan fingerprint density at radius 1 is 1.05 bits per heavy atom. The van der Waals surface area contributed by atoms with Gasteiger partial charge < -0.3 is 18.9 Å². The van der Waals surface area contributed by atoms with Crippen molar-refractivity contribution in [3.05, 3.63) is 83.5 Å². The van der Waals surface area contributed by atoms with Crippen LogP contribution in [0.2, 0.25) is 0 Å². The highest BCUT2D eigenvalue weighted by Crippen LogP contribution is 2.36. The van der Waals surface area contributed by atoms with Gasteiger partial charge in [-0.3, -0.25) is 9.36 Å². The van der Waals surface area contributed by atoms with Crippen LogP contribution in [0.25, 0.3) is 6.08 Å². The fourth-order valence-electron chi connectivity index (χ4n) is 4.95. The molecule has 0 saturated carbocycles. The summed E-state index contributed by atoms with van der Waals surface area (Å²) in [6.07, 6.45) is 1.84. The number of esters is 1. The predicted octanol–water partition coefficient (Wildman–Crippen LogP) is 5.03. The Morgan fingerprint density at radius 3 is 2.37 bits per heavy atom. The van der Waals surface area contributed by atoms with E-state index in [-0.39, 0.29) is 24.2 Å². The largest absolute Gasteiger partial charge is 0.496 e. The van der Waals surface area contributed by atoms with Crippen molar-refractivity contribution >= 4 is 23.4 Å². The average molecular weight is 579 g/mol. The molecule has 0 N–H and O–H groups in total. The van der Waals surface area contributed by atoms with Gasteiger partial charge in [0.2, 0.25) is 0 Å². The Balaban J connectivity index is 1.96. The first-order chi connectivity index (χ1) is 19.5. The minimum Gasteiger partial charge on any atom is -0.496 e. The zero-order valence-corrected chi connectivity index (χ0v) is 26.0. The quantitative estimate of drug-likeness (QED) is 0.331. The lowest BCUT2D eigenvalue weighted by atomic mass is 9.95. The van der Waals surface area contributed by atoms with Gasteiger partial charge in [-0.2, -0.15) is 0 Å². The molecular weight excluding hydrogens is 540 g/mol. The lowest BCUT2D eigenvalue weighted by Crippen LogP contribution is -2.40. The van der Waals surface area contributed by atoms with Gasteiger partial charge in [0.1, 0.15) is 5.75 Å². The van der Waals surface area contributed by atoms with Crippen LogP contribution in [-0.4, -0.2) is 37.5 Å². The minimum atomic E-state index is -0.752. The molecule has 9 heteroatoms. The van der Waals surface area contributed by atoms with E-state index in [4.69, 9.17) is 18.9 Å². The van der Waals surface area contributed by atoms with Crippen LogP contribution in [0.4, 0.5) is 0 Å². The van der Waals surface area contributed by atoms with E-state index < -0.39 is 12.0 Å². The first-order valence-electron chi connectivity index (χ1n) is 13.7. The smallest absolute Gasteiger partial charge is 0.338 e. The Bertz CT molecular complexity index is 1680. The third-order valence-corrected chi connectivity index (χ3v) is 7.89. The minimum absolute atomic E-state index is 0.0534. The van der Waals surface area contributed by atoms with Crippen molar-refractivity contribution in [2.24, 2.45) is 4.99 Å². The summed E-state index contributed by atoms with van der Waals surface area (Å²) in [5.41, 5.74) is 4.24. The molecule has 1 atom stereocenters. The highest BCUT2D eigenvalue weighted by Gasteiger charge is 2.34. The van der Waals surface area contributed by atoms with E-state index in [0.29, 0.717) is 37.7 Å². The lowest BCUT2D eigenvalue weighted by molar-refractivity contribution is -0.139. The molecule has 2 aromatic carbocycles. The van der Waals surface area contributed by atoms with Crippen molar-refractivity contribution in [2.75, 3.05) is 20.8 Å². The first kappa shape index (κ1) is 30.1. The summed E-state index contributed by atoms with van der Waals surface area (Å²) in [6.45, 7) is 13.8. The zero-order valence-electron chi connectivity index (χ0n) is 25.2. The summed E-state index contributed by atoms with van der Waals surface area (Å²) >= 11 is 1.30. The predicted molar refractivity (Wildman–Crippen MR) is 161 cm³/mol. The number of hydrogen-bond acceptors (Lipinski definition) is 8. The number of benzene rings is 2. The molecule has 0 aliphatic carbocycles. The molecule has 41 heavy (non-hydrogen) atoms. The van der Waals surface area contributed by atoms with Crippen molar-refractivity contribution in [1.82, 2.24) is 4.57 Å². The molecule has 1 aromatic heterocycles. The molecule has 3 aromatic rings. The van der Waals surface area contributed by atoms with Gasteiger partial charge >= 0.3 is 5.97 Å². The number of aromatic nitrogens is 1. The molecule has 0 bridgehead atoms. The molecule has 1 aliphatic heterocycles. The summed E-state index contributed by atoms with van der Waals surface area (Å²) in [5.74, 6) is 1.64. The van der Waals surface area contributed by atoms with Crippen LogP contribution >= 0.6 is 11.3 Å². The van der Waals surface area contributed by atoms with Crippen LogP contribution in [0.15, 0.2) is 51.4 Å². The van der Waals surface area contributed by atoms with Crippen molar-refractivity contribution in [2.45, 2.75) is 66.5 Å². The summed E-state index contributed by atoms with van der Waals surface area (Å²) in [4.78, 5) is 32.5. The molecule has 2 heterocycles. The fourth-order valence-corrected chi connectivity index (χ4v) is 5.99. The van der Waals surface area contributed by atoms with Crippen molar-refractivity contribution in [3.8, 4) is 17.2 Å². The van der Waals surface area contributed by atoms with Gasteiger partial charge in [0.15, 0.2) is 16.3 Å². The average Bonchev–Trinajstić information content (AvgIpc) is 3.22. The van der Waals surface area contributed by atoms with E-state index in [1.165, 1.54) is 11.3 Å². The number of carbonyl (C=O) groups is 1. The number of thiazole rings is 1. The fraction of sp³-hybridized carbons (Fsp3) is 0.406. The number of methoxy groups -OCH3 is 2. The van der Waals surface area contributed by atoms with Crippen LogP contribution in [-0.2, 0) is 9.53 Å². The second-order valence-electron chi connectivity index (χ2n) is 10.5. The standard InChI is InChI=1S/C32H38N2O6S/c1-10-39-31(36)28-20(7)33-32-34(29(28)21-11-12-24(40-18(4)5)26(15-21)38-9)30(35)27(41-32)16-22-14-23(17(2)3)25(37-8)13-19(22)6/h11-18,29H,10H2,1-9H3/b27-16-/t29-/m0/s1. The number of aryl methyl sites for hydroxylation is 1. The van der Waals surface area contributed by atoms with Crippen molar-refractivity contribution in [1.29, 1.82) is 0 Å². The van der Waals surface area contributed by atoms with Crippen LogP contribution in [0.5, 0.6) is 17.2 Å².